The van der Waals surface area contributed by atoms with Crippen LogP contribution in [0.5, 0.6) is 0 Å². The van der Waals surface area contributed by atoms with E-state index in [1.165, 1.54) is 0 Å². The second kappa shape index (κ2) is 5.44. The topological polar surface area (TPSA) is 41.1 Å². The van der Waals surface area contributed by atoms with Crippen LogP contribution >= 0.6 is 0 Å². The fourth-order valence-corrected chi connectivity index (χ4v) is 2.48. The van der Waals surface area contributed by atoms with Gasteiger partial charge in [0.1, 0.15) is 5.82 Å². The van der Waals surface area contributed by atoms with Crippen LogP contribution < -0.4 is 10.6 Å². The molecule has 1 unspecified atom stereocenters. The van der Waals surface area contributed by atoms with Crippen LogP contribution in [0.1, 0.15) is 26.7 Å². The summed E-state index contributed by atoms with van der Waals surface area (Å²) in [7, 11) is 0. The first-order chi connectivity index (χ1) is 9.31. The minimum Gasteiger partial charge on any atom is -0.322 e. The highest BCUT2D eigenvalue weighted by atomic mass is 19.2. The number of rotatable bonds is 2. The Bertz CT molecular complexity index is 531. The van der Waals surface area contributed by atoms with Gasteiger partial charge in [-0.15, -0.1) is 0 Å². The van der Waals surface area contributed by atoms with E-state index in [2.05, 4.69) is 10.6 Å². The molecule has 1 aromatic rings. The Balaban J connectivity index is 2.17. The van der Waals surface area contributed by atoms with Crippen LogP contribution in [0.3, 0.4) is 0 Å². The van der Waals surface area contributed by atoms with Crippen LogP contribution in [0, 0.1) is 22.9 Å². The van der Waals surface area contributed by atoms with E-state index in [0.29, 0.717) is 18.7 Å². The summed E-state index contributed by atoms with van der Waals surface area (Å²) in [5, 5.41) is 5.39. The van der Waals surface area contributed by atoms with E-state index in [1.807, 2.05) is 13.8 Å². The minimum atomic E-state index is -1.28. The van der Waals surface area contributed by atoms with Gasteiger partial charge in [-0.2, -0.15) is 0 Å². The number of halogens is 3. The molecule has 2 rings (SSSR count). The lowest BCUT2D eigenvalue weighted by molar-refractivity contribution is -0.121. The monoisotopic (exact) mass is 286 g/mol. The predicted octanol–water partition coefficient (Wildman–Crippen LogP) is 2.82. The van der Waals surface area contributed by atoms with Gasteiger partial charge in [0.25, 0.3) is 0 Å². The molecule has 1 aliphatic rings. The Hall–Kier alpha value is -1.56. The molecule has 0 spiro atoms. The zero-order valence-corrected chi connectivity index (χ0v) is 11.4. The largest absolute Gasteiger partial charge is 0.322 e. The minimum absolute atomic E-state index is 0.280. The number of anilines is 1. The first-order valence-corrected chi connectivity index (χ1v) is 6.50. The molecule has 0 saturated carbocycles. The van der Waals surface area contributed by atoms with Gasteiger partial charge in [-0.25, -0.2) is 13.2 Å². The summed E-state index contributed by atoms with van der Waals surface area (Å²) in [6.45, 7) is 4.57. The van der Waals surface area contributed by atoms with Crippen LogP contribution in [0.25, 0.3) is 0 Å². The summed E-state index contributed by atoms with van der Waals surface area (Å²) < 4.78 is 39.4. The molecule has 20 heavy (non-hydrogen) atoms. The number of carbonyl (C=O) groups is 1. The number of hydrogen-bond donors (Lipinski definition) is 2. The van der Waals surface area contributed by atoms with Gasteiger partial charge >= 0.3 is 0 Å². The van der Waals surface area contributed by atoms with Crippen LogP contribution in [-0.4, -0.2) is 18.5 Å². The molecule has 0 aliphatic carbocycles. The Labute approximate surface area is 115 Å². The van der Waals surface area contributed by atoms with Crippen LogP contribution in [0.2, 0.25) is 0 Å². The van der Waals surface area contributed by atoms with Gasteiger partial charge in [0.15, 0.2) is 11.6 Å². The number of benzene rings is 1. The third-order valence-electron chi connectivity index (χ3n) is 3.66. The first kappa shape index (κ1) is 14.8. The van der Waals surface area contributed by atoms with Gasteiger partial charge in [0.2, 0.25) is 5.91 Å². The fraction of sp³-hybridized carbons (Fsp3) is 0.500. The Kier molecular flexibility index (Phi) is 4.04. The molecular formula is C14H17F3N2O. The Morgan fingerprint density at radius 3 is 2.55 bits per heavy atom. The van der Waals surface area contributed by atoms with Crippen molar-refractivity contribution >= 4 is 11.6 Å². The van der Waals surface area contributed by atoms with Crippen molar-refractivity contribution in [3.63, 3.8) is 0 Å². The summed E-state index contributed by atoms with van der Waals surface area (Å²) in [4.78, 5) is 12.2. The highest BCUT2D eigenvalue weighted by Crippen LogP contribution is 2.31. The van der Waals surface area contributed by atoms with Gasteiger partial charge in [0, 0.05) is 12.1 Å². The van der Waals surface area contributed by atoms with Gasteiger partial charge in [-0.05, 0) is 24.8 Å². The van der Waals surface area contributed by atoms with Crippen molar-refractivity contribution in [2.45, 2.75) is 32.7 Å². The van der Waals surface area contributed by atoms with Crippen molar-refractivity contribution in [3.05, 3.63) is 29.6 Å². The molecule has 0 radical (unpaired) electrons. The number of hydrogen-bond acceptors (Lipinski definition) is 2. The Morgan fingerprint density at radius 2 is 1.90 bits per heavy atom. The number of amides is 1. The average Bonchev–Trinajstić information content (AvgIpc) is 2.35. The van der Waals surface area contributed by atoms with Crippen molar-refractivity contribution in [3.8, 4) is 0 Å². The second-order valence-corrected chi connectivity index (χ2v) is 5.71. The molecule has 1 saturated heterocycles. The summed E-state index contributed by atoms with van der Waals surface area (Å²) >= 11 is 0. The van der Waals surface area contributed by atoms with Crippen LogP contribution in [0.15, 0.2) is 12.1 Å². The summed E-state index contributed by atoms with van der Waals surface area (Å²) in [6, 6.07) is 0.576. The highest BCUT2D eigenvalue weighted by Gasteiger charge is 2.37. The van der Waals surface area contributed by atoms with E-state index in [4.69, 9.17) is 0 Å². The maximum absolute atomic E-state index is 13.5. The summed E-state index contributed by atoms with van der Waals surface area (Å²) in [6.07, 6.45) is 1.81. The number of carbonyl (C=O) groups excluding carboxylic acids is 1. The highest BCUT2D eigenvalue weighted by molar-refractivity contribution is 5.95. The molecule has 1 heterocycles. The smallest absolute Gasteiger partial charge is 0.242 e. The van der Waals surface area contributed by atoms with E-state index in [9.17, 15) is 18.0 Å². The standard InChI is InChI=1S/C14H17F3N2O/c1-14(2)4-3-5-18-12(14)13(20)19-11-7-9(16)8(15)6-10(11)17/h6-7,12,18H,3-5H2,1-2H3,(H,19,20). The van der Waals surface area contributed by atoms with Crippen molar-refractivity contribution in [1.82, 2.24) is 5.32 Å². The molecule has 0 aromatic heterocycles. The predicted molar refractivity (Wildman–Crippen MR) is 69.8 cm³/mol. The molecule has 1 aromatic carbocycles. The van der Waals surface area contributed by atoms with E-state index in [-0.39, 0.29) is 11.1 Å². The van der Waals surface area contributed by atoms with E-state index < -0.39 is 29.4 Å². The normalized spacial score (nSPS) is 21.6. The molecular weight excluding hydrogens is 269 g/mol. The van der Waals surface area contributed by atoms with Crippen molar-refractivity contribution in [2.75, 3.05) is 11.9 Å². The molecule has 1 fully saturated rings. The van der Waals surface area contributed by atoms with E-state index >= 15 is 0 Å². The quantitative estimate of drug-likeness (QED) is 0.821. The van der Waals surface area contributed by atoms with E-state index in [0.717, 1.165) is 12.8 Å². The molecule has 1 atom stereocenters. The average molecular weight is 286 g/mol. The van der Waals surface area contributed by atoms with Crippen molar-refractivity contribution < 1.29 is 18.0 Å². The van der Waals surface area contributed by atoms with Crippen LogP contribution in [0.4, 0.5) is 18.9 Å². The number of nitrogens with one attached hydrogen (secondary N) is 2. The third-order valence-corrected chi connectivity index (χ3v) is 3.66. The summed E-state index contributed by atoms with van der Waals surface area (Å²) in [5.74, 6) is -3.92. The SMILES string of the molecule is CC1(C)CCCNC1C(=O)Nc1cc(F)c(F)cc1F. The van der Waals surface area contributed by atoms with Gasteiger partial charge in [-0.3, -0.25) is 4.79 Å². The molecule has 1 amide bonds. The summed E-state index contributed by atoms with van der Waals surface area (Å²) in [5.41, 5.74) is -0.630. The molecule has 6 heteroatoms. The third kappa shape index (κ3) is 2.95. The van der Waals surface area contributed by atoms with Crippen LogP contribution in [-0.2, 0) is 4.79 Å². The molecule has 3 nitrogen and oxygen atoms in total. The fourth-order valence-electron chi connectivity index (χ4n) is 2.48. The molecule has 1 aliphatic heterocycles. The van der Waals surface area contributed by atoms with Gasteiger partial charge in [-0.1, -0.05) is 13.8 Å². The zero-order valence-electron chi connectivity index (χ0n) is 11.4. The van der Waals surface area contributed by atoms with Crippen molar-refractivity contribution in [2.24, 2.45) is 5.41 Å². The maximum atomic E-state index is 13.5. The lowest BCUT2D eigenvalue weighted by atomic mass is 9.77. The Morgan fingerprint density at radius 1 is 1.25 bits per heavy atom. The van der Waals surface area contributed by atoms with Gasteiger partial charge in [0.05, 0.1) is 11.7 Å². The first-order valence-electron chi connectivity index (χ1n) is 6.50. The molecule has 110 valence electrons. The van der Waals surface area contributed by atoms with E-state index in [1.54, 1.807) is 0 Å². The lowest BCUT2D eigenvalue weighted by Crippen LogP contribution is -2.53. The maximum Gasteiger partial charge on any atom is 0.242 e. The molecule has 2 N–H and O–H groups in total. The number of piperidine rings is 1. The second-order valence-electron chi connectivity index (χ2n) is 5.71. The van der Waals surface area contributed by atoms with Crippen molar-refractivity contribution in [1.29, 1.82) is 0 Å². The van der Waals surface area contributed by atoms with Gasteiger partial charge < -0.3 is 10.6 Å². The lowest BCUT2D eigenvalue weighted by Gasteiger charge is -2.38. The molecule has 0 bridgehead atoms. The zero-order chi connectivity index (χ0) is 14.9.